The van der Waals surface area contributed by atoms with Crippen LogP contribution in [0.5, 0.6) is 5.75 Å². The minimum Gasteiger partial charge on any atom is -0.495 e. The van der Waals surface area contributed by atoms with E-state index in [1.165, 1.54) is 4.68 Å². The zero-order chi connectivity index (χ0) is 13.8. The Labute approximate surface area is 111 Å². The molecule has 19 heavy (non-hydrogen) atoms. The predicted octanol–water partition coefficient (Wildman–Crippen LogP) is 1.14. The van der Waals surface area contributed by atoms with Gasteiger partial charge in [-0.1, -0.05) is 6.07 Å². The number of carbonyl (C=O) groups is 1. The summed E-state index contributed by atoms with van der Waals surface area (Å²) in [5, 5.41) is 6.75. The molecular weight excluding hydrogens is 244 g/mol. The quantitative estimate of drug-likeness (QED) is 0.863. The van der Waals surface area contributed by atoms with Crippen molar-refractivity contribution in [2.45, 2.75) is 6.54 Å². The molecule has 0 bridgehead atoms. The molecule has 0 atom stereocenters. The predicted molar refractivity (Wildman–Crippen MR) is 72.0 cm³/mol. The summed E-state index contributed by atoms with van der Waals surface area (Å²) in [5.74, 6) is 0.345. The topological polar surface area (TPSA) is 82.2 Å². The first-order valence-corrected chi connectivity index (χ1v) is 5.82. The zero-order valence-electron chi connectivity index (χ0n) is 10.9. The zero-order valence-corrected chi connectivity index (χ0v) is 10.9. The SMILES string of the molecule is COc1cc(CN)ccc1NC(=O)c1ccnn1C. The Balaban J connectivity index is 2.24. The number of nitrogens with one attached hydrogen (secondary N) is 1. The van der Waals surface area contributed by atoms with Crippen LogP contribution in [0.4, 0.5) is 5.69 Å². The highest BCUT2D eigenvalue weighted by Gasteiger charge is 2.12. The monoisotopic (exact) mass is 260 g/mol. The number of rotatable bonds is 4. The lowest BCUT2D eigenvalue weighted by Gasteiger charge is -2.11. The van der Waals surface area contributed by atoms with Gasteiger partial charge in [0.15, 0.2) is 0 Å². The Morgan fingerprint density at radius 1 is 1.47 bits per heavy atom. The second-order valence-corrected chi connectivity index (χ2v) is 4.03. The number of aryl methyl sites for hydroxylation is 1. The van der Waals surface area contributed by atoms with Gasteiger partial charge < -0.3 is 15.8 Å². The lowest BCUT2D eigenvalue weighted by Crippen LogP contribution is -2.16. The second kappa shape index (κ2) is 5.53. The normalized spacial score (nSPS) is 10.3. The van der Waals surface area contributed by atoms with Crippen molar-refractivity contribution in [3.8, 4) is 5.75 Å². The molecule has 1 aromatic carbocycles. The average Bonchev–Trinajstić information content (AvgIpc) is 2.85. The smallest absolute Gasteiger partial charge is 0.274 e. The highest BCUT2D eigenvalue weighted by Crippen LogP contribution is 2.25. The van der Waals surface area contributed by atoms with E-state index in [4.69, 9.17) is 10.5 Å². The molecule has 2 rings (SSSR count). The maximum absolute atomic E-state index is 12.1. The van der Waals surface area contributed by atoms with Crippen LogP contribution in [0.25, 0.3) is 0 Å². The van der Waals surface area contributed by atoms with Gasteiger partial charge in [0.1, 0.15) is 11.4 Å². The molecule has 3 N–H and O–H groups in total. The Bertz CT molecular complexity index is 592. The van der Waals surface area contributed by atoms with Crippen molar-refractivity contribution in [2.75, 3.05) is 12.4 Å². The third kappa shape index (κ3) is 2.74. The summed E-state index contributed by atoms with van der Waals surface area (Å²) in [6.45, 7) is 0.423. The van der Waals surface area contributed by atoms with E-state index in [1.54, 1.807) is 38.6 Å². The summed E-state index contributed by atoms with van der Waals surface area (Å²) in [6.07, 6.45) is 1.57. The van der Waals surface area contributed by atoms with Crippen LogP contribution in [0.2, 0.25) is 0 Å². The lowest BCUT2D eigenvalue weighted by atomic mass is 10.2. The van der Waals surface area contributed by atoms with E-state index in [9.17, 15) is 4.79 Å². The van der Waals surface area contributed by atoms with E-state index in [2.05, 4.69) is 10.4 Å². The fourth-order valence-corrected chi connectivity index (χ4v) is 1.75. The van der Waals surface area contributed by atoms with Crippen LogP contribution in [0.15, 0.2) is 30.5 Å². The molecular formula is C13H16N4O2. The van der Waals surface area contributed by atoms with Crippen LogP contribution in [0, 0.1) is 0 Å². The Morgan fingerprint density at radius 2 is 2.26 bits per heavy atom. The van der Waals surface area contributed by atoms with Crippen molar-refractivity contribution in [3.63, 3.8) is 0 Å². The first-order chi connectivity index (χ1) is 9.15. The van der Waals surface area contributed by atoms with Gasteiger partial charge in [-0.3, -0.25) is 9.48 Å². The summed E-state index contributed by atoms with van der Waals surface area (Å²) in [6, 6.07) is 7.07. The number of ether oxygens (including phenoxy) is 1. The summed E-state index contributed by atoms with van der Waals surface area (Å²) >= 11 is 0. The standard InChI is InChI=1S/C13H16N4O2/c1-17-11(5-6-15-17)13(18)16-10-4-3-9(8-14)7-12(10)19-2/h3-7H,8,14H2,1-2H3,(H,16,18). The van der Waals surface area contributed by atoms with Crippen LogP contribution in [0.3, 0.4) is 0 Å². The van der Waals surface area contributed by atoms with Gasteiger partial charge >= 0.3 is 0 Å². The number of carbonyl (C=O) groups excluding carboxylic acids is 1. The van der Waals surface area contributed by atoms with Crippen molar-refractivity contribution in [2.24, 2.45) is 12.8 Å². The maximum Gasteiger partial charge on any atom is 0.274 e. The van der Waals surface area contributed by atoms with E-state index in [0.29, 0.717) is 23.7 Å². The van der Waals surface area contributed by atoms with Gasteiger partial charge in [0.25, 0.3) is 5.91 Å². The van der Waals surface area contributed by atoms with E-state index >= 15 is 0 Å². The summed E-state index contributed by atoms with van der Waals surface area (Å²) in [7, 11) is 3.26. The second-order valence-electron chi connectivity index (χ2n) is 4.03. The molecule has 1 amide bonds. The van der Waals surface area contributed by atoms with Gasteiger partial charge in [0, 0.05) is 19.8 Å². The van der Waals surface area contributed by atoms with Crippen LogP contribution in [-0.4, -0.2) is 22.8 Å². The van der Waals surface area contributed by atoms with Gasteiger partial charge in [0.05, 0.1) is 12.8 Å². The molecule has 6 nitrogen and oxygen atoms in total. The molecule has 0 fully saturated rings. The molecule has 0 saturated carbocycles. The number of nitrogens with zero attached hydrogens (tertiary/aromatic N) is 2. The van der Waals surface area contributed by atoms with E-state index in [-0.39, 0.29) is 5.91 Å². The number of nitrogens with two attached hydrogens (primary N) is 1. The molecule has 100 valence electrons. The lowest BCUT2D eigenvalue weighted by molar-refractivity contribution is 0.101. The molecule has 0 radical (unpaired) electrons. The third-order valence-electron chi connectivity index (χ3n) is 2.80. The Hall–Kier alpha value is -2.34. The molecule has 0 aliphatic heterocycles. The fourth-order valence-electron chi connectivity index (χ4n) is 1.75. The fraction of sp³-hybridized carbons (Fsp3) is 0.231. The third-order valence-corrected chi connectivity index (χ3v) is 2.80. The van der Waals surface area contributed by atoms with Gasteiger partial charge in [-0.25, -0.2) is 0 Å². The number of amides is 1. The largest absolute Gasteiger partial charge is 0.495 e. The summed E-state index contributed by atoms with van der Waals surface area (Å²) in [5.41, 5.74) is 7.59. The molecule has 0 spiro atoms. The minimum absolute atomic E-state index is 0.237. The van der Waals surface area contributed by atoms with Crippen molar-refractivity contribution in [1.29, 1.82) is 0 Å². The summed E-state index contributed by atoms with van der Waals surface area (Å²) < 4.78 is 6.75. The molecule has 0 saturated heterocycles. The molecule has 0 unspecified atom stereocenters. The Kier molecular flexibility index (Phi) is 3.82. The highest BCUT2D eigenvalue weighted by molar-refractivity contribution is 6.03. The van der Waals surface area contributed by atoms with Crippen molar-refractivity contribution < 1.29 is 9.53 Å². The van der Waals surface area contributed by atoms with Crippen molar-refractivity contribution >= 4 is 11.6 Å². The minimum atomic E-state index is -0.237. The number of hydrogen-bond donors (Lipinski definition) is 2. The molecule has 2 aromatic rings. The number of benzene rings is 1. The molecule has 1 heterocycles. The van der Waals surface area contributed by atoms with E-state index in [0.717, 1.165) is 5.56 Å². The molecule has 0 aliphatic carbocycles. The summed E-state index contributed by atoms with van der Waals surface area (Å²) in [4.78, 5) is 12.1. The highest BCUT2D eigenvalue weighted by atomic mass is 16.5. The molecule has 1 aromatic heterocycles. The molecule has 0 aliphatic rings. The van der Waals surface area contributed by atoms with Gasteiger partial charge in [0.2, 0.25) is 0 Å². The number of anilines is 1. The van der Waals surface area contributed by atoms with E-state index < -0.39 is 0 Å². The van der Waals surface area contributed by atoms with Crippen molar-refractivity contribution in [3.05, 3.63) is 41.7 Å². The van der Waals surface area contributed by atoms with Crippen LogP contribution in [-0.2, 0) is 13.6 Å². The van der Waals surface area contributed by atoms with Crippen LogP contribution < -0.4 is 15.8 Å². The first-order valence-electron chi connectivity index (χ1n) is 5.82. The van der Waals surface area contributed by atoms with E-state index in [1.807, 2.05) is 6.07 Å². The number of hydrogen-bond acceptors (Lipinski definition) is 4. The van der Waals surface area contributed by atoms with Crippen LogP contribution in [0.1, 0.15) is 16.1 Å². The maximum atomic E-state index is 12.1. The average molecular weight is 260 g/mol. The number of aromatic nitrogens is 2. The van der Waals surface area contributed by atoms with Gasteiger partial charge in [-0.15, -0.1) is 0 Å². The first kappa shape index (κ1) is 13.1. The van der Waals surface area contributed by atoms with Gasteiger partial charge in [-0.05, 0) is 23.8 Å². The van der Waals surface area contributed by atoms with Crippen LogP contribution >= 0.6 is 0 Å². The Morgan fingerprint density at radius 3 is 2.84 bits per heavy atom. The van der Waals surface area contributed by atoms with Gasteiger partial charge in [-0.2, -0.15) is 5.10 Å². The van der Waals surface area contributed by atoms with Crippen molar-refractivity contribution in [1.82, 2.24) is 9.78 Å². The molecule has 6 heteroatoms. The number of methoxy groups -OCH3 is 1.